The number of esters is 1. The van der Waals surface area contributed by atoms with Crippen LogP contribution >= 0.6 is 34.4 Å². The number of fused-ring (bicyclic) bond motifs is 1. The Morgan fingerprint density at radius 1 is 1.13 bits per heavy atom. The molecule has 0 unspecified atom stereocenters. The van der Waals surface area contributed by atoms with E-state index in [1.165, 1.54) is 30.2 Å². The number of hydrogen-bond acceptors (Lipinski definition) is 7. The third-order valence-electron chi connectivity index (χ3n) is 4.40. The number of thiophene rings is 1. The van der Waals surface area contributed by atoms with E-state index in [4.69, 9.17) is 4.74 Å². The van der Waals surface area contributed by atoms with Crippen molar-refractivity contribution in [3.63, 3.8) is 0 Å². The number of rotatable bonds is 6. The van der Waals surface area contributed by atoms with E-state index in [9.17, 15) is 9.59 Å². The van der Waals surface area contributed by atoms with Gasteiger partial charge in [-0.2, -0.15) is 0 Å². The fourth-order valence-electron chi connectivity index (χ4n) is 2.90. The molecule has 0 saturated heterocycles. The summed E-state index contributed by atoms with van der Waals surface area (Å²) < 4.78 is 6.90. The van der Waals surface area contributed by atoms with E-state index in [1.54, 1.807) is 11.3 Å². The number of hydrogen-bond donors (Lipinski definition) is 1. The maximum Gasteiger partial charge on any atom is 0.341 e. The molecule has 2 aromatic heterocycles. The van der Waals surface area contributed by atoms with Crippen molar-refractivity contribution in [2.24, 2.45) is 0 Å². The molecule has 2 heterocycles. The fraction of sp³-hybridized carbons (Fsp3) is 0.136. The number of para-hydroxylation sites is 1. The summed E-state index contributed by atoms with van der Waals surface area (Å²) in [5.74, 6) is -0.458. The highest BCUT2D eigenvalue weighted by molar-refractivity contribution is 8.01. The van der Waals surface area contributed by atoms with Gasteiger partial charge < -0.3 is 10.1 Å². The molecule has 0 aliphatic carbocycles. The number of methoxy groups -OCH3 is 1. The van der Waals surface area contributed by atoms with Crippen molar-refractivity contribution >= 4 is 61.5 Å². The van der Waals surface area contributed by atoms with Gasteiger partial charge in [0.05, 0.1) is 23.1 Å². The molecule has 2 aromatic carbocycles. The molecule has 0 aliphatic heterocycles. The first-order valence-electron chi connectivity index (χ1n) is 9.10. The number of aromatic nitrogens is 1. The van der Waals surface area contributed by atoms with Crippen molar-refractivity contribution in [1.29, 1.82) is 0 Å². The van der Waals surface area contributed by atoms with E-state index in [2.05, 4.69) is 10.3 Å². The van der Waals surface area contributed by atoms with E-state index in [1.807, 2.05) is 60.8 Å². The molecule has 0 atom stereocenters. The zero-order chi connectivity index (χ0) is 21.1. The number of benzene rings is 2. The Bertz CT molecular complexity index is 1180. The average Bonchev–Trinajstić information content (AvgIpc) is 3.36. The second-order valence-electron chi connectivity index (χ2n) is 6.50. The Morgan fingerprint density at radius 2 is 1.90 bits per heavy atom. The second kappa shape index (κ2) is 8.99. The topological polar surface area (TPSA) is 68.3 Å². The number of anilines is 1. The van der Waals surface area contributed by atoms with Gasteiger partial charge in [-0.3, -0.25) is 4.79 Å². The zero-order valence-electron chi connectivity index (χ0n) is 16.3. The number of ether oxygens (including phenoxy) is 1. The first kappa shape index (κ1) is 20.6. The molecule has 30 heavy (non-hydrogen) atoms. The molecule has 5 nitrogen and oxygen atoms in total. The number of carbonyl (C=O) groups excluding carboxylic acids is 2. The predicted octanol–water partition coefficient (Wildman–Crippen LogP) is 5.85. The van der Waals surface area contributed by atoms with E-state index in [0.29, 0.717) is 10.6 Å². The molecule has 0 aliphatic rings. The smallest absolute Gasteiger partial charge is 0.341 e. The monoisotopic (exact) mass is 454 g/mol. The summed E-state index contributed by atoms with van der Waals surface area (Å²) in [6, 6.07) is 15.8. The van der Waals surface area contributed by atoms with Gasteiger partial charge in [0.1, 0.15) is 10.6 Å². The van der Waals surface area contributed by atoms with Gasteiger partial charge in [-0.05, 0) is 24.6 Å². The van der Waals surface area contributed by atoms with Crippen LogP contribution in [-0.4, -0.2) is 29.7 Å². The second-order valence-corrected chi connectivity index (χ2v) is 9.63. The molecule has 0 saturated carbocycles. The van der Waals surface area contributed by atoms with Crippen LogP contribution in [-0.2, 0) is 9.53 Å². The number of thioether (sulfide) groups is 1. The Balaban J connectivity index is 1.51. The van der Waals surface area contributed by atoms with Crippen LogP contribution in [0, 0.1) is 6.92 Å². The molecular formula is C22H18N2O3S3. The minimum Gasteiger partial charge on any atom is -0.465 e. The summed E-state index contributed by atoms with van der Waals surface area (Å²) in [6.07, 6.45) is 0. The van der Waals surface area contributed by atoms with Crippen LogP contribution in [0.15, 0.2) is 58.3 Å². The van der Waals surface area contributed by atoms with E-state index in [0.717, 1.165) is 31.2 Å². The first-order valence-corrected chi connectivity index (χ1v) is 11.8. The Labute approximate surface area is 186 Å². The lowest BCUT2D eigenvalue weighted by atomic mass is 10.0. The van der Waals surface area contributed by atoms with Crippen molar-refractivity contribution < 1.29 is 14.3 Å². The van der Waals surface area contributed by atoms with Gasteiger partial charge in [-0.1, -0.05) is 53.7 Å². The van der Waals surface area contributed by atoms with Gasteiger partial charge in [-0.15, -0.1) is 22.7 Å². The summed E-state index contributed by atoms with van der Waals surface area (Å²) in [7, 11) is 1.34. The van der Waals surface area contributed by atoms with E-state index >= 15 is 0 Å². The van der Waals surface area contributed by atoms with Crippen LogP contribution in [0.25, 0.3) is 21.3 Å². The van der Waals surface area contributed by atoms with Gasteiger partial charge in [0.25, 0.3) is 0 Å². The molecule has 152 valence electrons. The SMILES string of the molecule is COC(=O)c1c(-c2ccc(C)cc2)csc1NC(=O)CSc1nc2ccccc2s1. The molecule has 4 aromatic rings. The lowest BCUT2D eigenvalue weighted by Crippen LogP contribution is -2.15. The number of nitrogens with zero attached hydrogens (tertiary/aromatic N) is 1. The lowest BCUT2D eigenvalue weighted by molar-refractivity contribution is -0.113. The summed E-state index contributed by atoms with van der Waals surface area (Å²) in [6.45, 7) is 2.01. The molecule has 0 spiro atoms. The molecular weight excluding hydrogens is 436 g/mol. The average molecular weight is 455 g/mol. The third kappa shape index (κ3) is 4.40. The number of carbonyl (C=O) groups is 2. The van der Waals surface area contributed by atoms with Crippen molar-refractivity contribution in [3.05, 3.63) is 65.0 Å². The normalized spacial score (nSPS) is 10.9. The number of amides is 1. The van der Waals surface area contributed by atoms with Gasteiger partial charge in [-0.25, -0.2) is 9.78 Å². The van der Waals surface area contributed by atoms with E-state index < -0.39 is 5.97 Å². The first-order chi connectivity index (χ1) is 14.5. The number of thiazole rings is 1. The highest BCUT2D eigenvalue weighted by Gasteiger charge is 2.22. The molecule has 0 bridgehead atoms. The fourth-order valence-corrected chi connectivity index (χ4v) is 5.74. The maximum absolute atomic E-state index is 12.6. The quantitative estimate of drug-likeness (QED) is 0.292. The van der Waals surface area contributed by atoms with Crippen LogP contribution in [0.5, 0.6) is 0 Å². The van der Waals surface area contributed by atoms with Gasteiger partial charge in [0.2, 0.25) is 5.91 Å². The van der Waals surface area contributed by atoms with Crippen LogP contribution in [0.3, 0.4) is 0 Å². The number of nitrogens with one attached hydrogen (secondary N) is 1. The lowest BCUT2D eigenvalue weighted by Gasteiger charge is -2.08. The Morgan fingerprint density at radius 3 is 2.63 bits per heavy atom. The van der Waals surface area contributed by atoms with Crippen molar-refractivity contribution in [2.45, 2.75) is 11.3 Å². The Hall–Kier alpha value is -2.68. The van der Waals surface area contributed by atoms with E-state index in [-0.39, 0.29) is 11.7 Å². The zero-order valence-corrected chi connectivity index (χ0v) is 18.7. The van der Waals surface area contributed by atoms with Crippen molar-refractivity contribution in [1.82, 2.24) is 4.98 Å². The molecule has 0 fully saturated rings. The Kier molecular flexibility index (Phi) is 6.17. The van der Waals surface area contributed by atoms with Crippen LogP contribution < -0.4 is 5.32 Å². The van der Waals surface area contributed by atoms with Gasteiger partial charge in [0, 0.05) is 10.9 Å². The van der Waals surface area contributed by atoms with Crippen molar-refractivity contribution in [3.8, 4) is 11.1 Å². The summed E-state index contributed by atoms with van der Waals surface area (Å²) in [5, 5.41) is 5.23. The molecule has 1 N–H and O–H groups in total. The minimum absolute atomic E-state index is 0.193. The third-order valence-corrected chi connectivity index (χ3v) is 7.47. The molecule has 4 rings (SSSR count). The minimum atomic E-state index is -0.471. The molecule has 0 radical (unpaired) electrons. The maximum atomic E-state index is 12.6. The summed E-state index contributed by atoms with van der Waals surface area (Å²) >= 11 is 4.26. The van der Waals surface area contributed by atoms with Crippen LogP contribution in [0.1, 0.15) is 15.9 Å². The van der Waals surface area contributed by atoms with Gasteiger partial charge >= 0.3 is 5.97 Å². The molecule has 1 amide bonds. The van der Waals surface area contributed by atoms with Gasteiger partial charge in [0.15, 0.2) is 4.34 Å². The molecule has 8 heteroatoms. The highest BCUT2D eigenvalue weighted by Crippen LogP contribution is 2.36. The largest absolute Gasteiger partial charge is 0.465 e. The summed E-state index contributed by atoms with van der Waals surface area (Å²) in [5.41, 5.74) is 4.10. The van der Waals surface area contributed by atoms with Crippen molar-refractivity contribution in [2.75, 3.05) is 18.2 Å². The number of aryl methyl sites for hydroxylation is 1. The summed E-state index contributed by atoms with van der Waals surface area (Å²) in [4.78, 5) is 29.5. The predicted molar refractivity (Wildman–Crippen MR) is 125 cm³/mol. The highest BCUT2D eigenvalue weighted by atomic mass is 32.2. The van der Waals surface area contributed by atoms with Crippen LogP contribution in [0.4, 0.5) is 5.00 Å². The van der Waals surface area contributed by atoms with Crippen LogP contribution in [0.2, 0.25) is 0 Å². The standard InChI is InChI=1S/C22H18N2O3S3/c1-13-7-9-14(10-8-13)15-11-28-20(19(15)21(26)27-2)24-18(25)12-29-22-23-16-5-3-4-6-17(16)30-22/h3-11H,12H2,1-2H3,(H,24,25).